The number of sulfone groups is 1. The van der Waals surface area contributed by atoms with E-state index in [1.165, 1.54) is 29.9 Å². The molecule has 0 unspecified atom stereocenters. The first kappa shape index (κ1) is 34.4. The monoisotopic (exact) mass is 554 g/mol. The molecule has 1 amide bonds. The molecule has 17 heteroatoms. The number of amides is 1. The van der Waals surface area contributed by atoms with Gasteiger partial charge in [-0.15, -0.1) is 0 Å². The smallest absolute Gasteiger partial charge is 0.788 e. The predicted octanol–water partition coefficient (Wildman–Crippen LogP) is -6.12. The second-order valence-electron chi connectivity index (χ2n) is 7.11. The summed E-state index contributed by atoms with van der Waals surface area (Å²) in [7, 11) is -8.65. The molecule has 2 aromatic rings. The largest absolute Gasteiger partial charge is 1.00 e. The number of pyridine rings is 1. The average molecular weight is 554 g/mol. The molecule has 2 rings (SSSR count). The van der Waals surface area contributed by atoms with Crippen LogP contribution in [0.5, 0.6) is 5.75 Å². The molecule has 1 heterocycles. The Hall–Kier alpha value is -0.640. The Labute approximate surface area is 243 Å². The maximum Gasteiger partial charge on any atom is 1.00 e. The fourth-order valence-corrected chi connectivity index (χ4v) is 3.81. The minimum absolute atomic E-state index is 0. The van der Waals surface area contributed by atoms with E-state index in [0.29, 0.717) is 6.26 Å². The normalized spacial score (nSPS) is 13.1. The van der Waals surface area contributed by atoms with E-state index in [-0.39, 0.29) is 82.5 Å². The molecule has 0 radical (unpaired) electrons. The van der Waals surface area contributed by atoms with Gasteiger partial charge in [0.25, 0.3) is 11.5 Å². The van der Waals surface area contributed by atoms with Crippen molar-refractivity contribution in [2.24, 2.45) is 0 Å². The van der Waals surface area contributed by atoms with Crippen molar-refractivity contribution in [2.45, 2.75) is 24.6 Å². The zero-order valence-electron chi connectivity index (χ0n) is 19.5. The van der Waals surface area contributed by atoms with Gasteiger partial charge >= 0.3 is 59.1 Å². The Morgan fingerprint density at radius 1 is 1.20 bits per heavy atom. The van der Waals surface area contributed by atoms with Crippen LogP contribution in [-0.4, -0.2) is 37.0 Å². The summed E-state index contributed by atoms with van der Waals surface area (Å²) in [5.41, 5.74) is 0.391. The number of hydrogen-bond donors (Lipinski definition) is 1. The number of carbonyl (C=O) groups is 1. The number of methoxy groups -OCH3 is 1. The Balaban J connectivity index is 0.00000578. The van der Waals surface area contributed by atoms with Gasteiger partial charge in [-0.2, -0.15) is 4.39 Å². The van der Waals surface area contributed by atoms with Crippen LogP contribution >= 0.6 is 7.82 Å². The van der Waals surface area contributed by atoms with Gasteiger partial charge in [0.1, 0.15) is 0 Å². The first-order valence-corrected chi connectivity index (χ1v) is 12.4. The number of aryl methyl sites for hydroxylation is 1. The topological polar surface area (TPSA) is 167 Å². The Bertz CT molecular complexity index is 1290. The fourth-order valence-electron chi connectivity index (χ4n) is 2.78. The average Bonchev–Trinajstić information content (AvgIpc) is 2.71. The van der Waals surface area contributed by atoms with E-state index in [1.54, 1.807) is 0 Å². The number of nitrogens with zero attached hydrogens (tertiary/aromatic N) is 1. The van der Waals surface area contributed by atoms with E-state index in [9.17, 15) is 41.1 Å². The summed E-state index contributed by atoms with van der Waals surface area (Å²) in [6.07, 6.45) is 1.36. The van der Waals surface area contributed by atoms with Crippen molar-refractivity contribution in [1.82, 2.24) is 10.0 Å². The summed E-state index contributed by atoms with van der Waals surface area (Å²) in [4.78, 5) is 45.8. The van der Waals surface area contributed by atoms with Crippen LogP contribution in [-0.2, 0) is 30.4 Å². The number of hydroxylamine groups is 1. The summed E-state index contributed by atoms with van der Waals surface area (Å²) < 4.78 is 70.2. The molecule has 1 atom stereocenters. The number of hydrogen-bond acceptors (Lipinski definition) is 9. The van der Waals surface area contributed by atoms with E-state index in [1.807, 2.05) is 0 Å². The third-order valence-electron chi connectivity index (χ3n) is 4.95. The Kier molecular flexibility index (Phi) is 13.0. The number of phosphoric acid groups is 1. The zero-order chi connectivity index (χ0) is 25.2. The number of halogens is 2. The number of ether oxygens (including phenoxy) is 1. The molecule has 35 heavy (non-hydrogen) atoms. The summed E-state index contributed by atoms with van der Waals surface area (Å²) in [6, 6.07) is 4.65. The van der Waals surface area contributed by atoms with E-state index in [4.69, 9.17) is 0 Å². The molecule has 0 aliphatic heterocycles. The molecule has 0 spiro atoms. The number of nitrogens with one attached hydrogen (secondary N) is 1. The van der Waals surface area contributed by atoms with Crippen molar-refractivity contribution < 1.29 is 105 Å². The van der Waals surface area contributed by atoms with Crippen LogP contribution in [0.4, 0.5) is 8.78 Å². The van der Waals surface area contributed by atoms with Gasteiger partial charge in [-0.1, -0.05) is 0 Å². The number of carbonyl (C=O) groups excluding carboxylic acids is 1. The molecular weight excluding hydrogens is 535 g/mol. The van der Waals surface area contributed by atoms with Crippen LogP contribution in [0.1, 0.15) is 13.3 Å². The number of benzene rings is 1. The molecule has 1 aromatic carbocycles. The van der Waals surface area contributed by atoms with Crippen molar-refractivity contribution in [3.05, 3.63) is 52.5 Å². The van der Waals surface area contributed by atoms with Crippen LogP contribution < -0.4 is 84.7 Å². The summed E-state index contributed by atoms with van der Waals surface area (Å²) in [5, 5.41) is 0. The van der Waals surface area contributed by atoms with Crippen LogP contribution in [0.2, 0.25) is 0 Å². The quantitative estimate of drug-likeness (QED) is 0.180. The van der Waals surface area contributed by atoms with Crippen LogP contribution in [0.25, 0.3) is 11.1 Å². The molecule has 0 aliphatic carbocycles. The SMILES string of the molecule is COc1ccc(-c2ccn(CC[C@](C)(C(=O)NOP(=O)([O-])[O-])S(C)(=O)=O)c(=O)c2)c(F)c1F.[Na+].[Na+]. The van der Waals surface area contributed by atoms with Crippen molar-refractivity contribution in [3.8, 4) is 16.9 Å². The second-order valence-corrected chi connectivity index (χ2v) is 10.6. The van der Waals surface area contributed by atoms with E-state index < -0.39 is 51.9 Å². The van der Waals surface area contributed by atoms with Crippen LogP contribution in [0.15, 0.2) is 35.3 Å². The molecule has 1 N–H and O–H groups in total. The molecule has 0 saturated heterocycles. The first-order chi connectivity index (χ1) is 15.1. The van der Waals surface area contributed by atoms with Gasteiger partial charge < -0.3 is 23.7 Å². The van der Waals surface area contributed by atoms with Crippen molar-refractivity contribution in [1.29, 1.82) is 0 Å². The molecule has 182 valence electrons. The van der Waals surface area contributed by atoms with Crippen molar-refractivity contribution >= 4 is 23.6 Å². The summed E-state index contributed by atoms with van der Waals surface area (Å²) in [6.45, 7) is 0.610. The summed E-state index contributed by atoms with van der Waals surface area (Å²) in [5.74, 6) is -4.23. The first-order valence-electron chi connectivity index (χ1n) is 9.04. The van der Waals surface area contributed by atoms with Gasteiger partial charge in [0.05, 0.1) is 14.9 Å². The summed E-state index contributed by atoms with van der Waals surface area (Å²) >= 11 is 0. The third-order valence-corrected chi connectivity index (χ3v) is 7.29. The maximum absolute atomic E-state index is 14.3. The van der Waals surface area contributed by atoms with Gasteiger partial charge in [-0.25, -0.2) is 22.9 Å². The van der Waals surface area contributed by atoms with Crippen LogP contribution in [0.3, 0.4) is 0 Å². The van der Waals surface area contributed by atoms with Gasteiger partial charge in [0, 0.05) is 30.6 Å². The second kappa shape index (κ2) is 13.2. The Morgan fingerprint density at radius 2 is 1.80 bits per heavy atom. The minimum atomic E-state index is -5.62. The van der Waals surface area contributed by atoms with Crippen molar-refractivity contribution in [2.75, 3.05) is 13.4 Å². The molecule has 0 aliphatic rings. The maximum atomic E-state index is 14.3. The minimum Gasteiger partial charge on any atom is -0.788 e. The van der Waals surface area contributed by atoms with E-state index in [0.717, 1.165) is 24.7 Å². The molecule has 0 bridgehead atoms. The van der Waals surface area contributed by atoms with E-state index in [2.05, 4.69) is 9.36 Å². The standard InChI is InChI=1S/C18H21F2N2O9PS.2Na/c1-18(33(3,28)29,17(24)21-31-32(25,26)27)7-9-22-8-6-11(10-14(22)23)12-4-5-13(30-2)16(20)15(12)19;;/h4-6,8,10H,7,9H2,1-3H3,(H,21,24)(H2,25,26,27);;/q;2*+1/p-2/t18-;;/m1../s1. The molecular formula is C18H19F2N2Na2O9PS. The number of rotatable bonds is 9. The zero-order valence-corrected chi connectivity index (χ0v) is 25.2. The van der Waals surface area contributed by atoms with E-state index >= 15 is 0 Å². The third kappa shape index (κ3) is 8.44. The van der Waals surface area contributed by atoms with Gasteiger partial charge in [0.15, 0.2) is 26.2 Å². The fraction of sp³-hybridized carbons (Fsp3) is 0.333. The molecule has 1 aromatic heterocycles. The van der Waals surface area contributed by atoms with Crippen molar-refractivity contribution in [3.63, 3.8) is 0 Å². The molecule has 0 fully saturated rings. The predicted molar refractivity (Wildman–Crippen MR) is 107 cm³/mol. The van der Waals surface area contributed by atoms with Crippen LogP contribution in [0, 0.1) is 11.6 Å². The van der Waals surface area contributed by atoms with Gasteiger partial charge in [0.2, 0.25) is 5.82 Å². The molecule has 11 nitrogen and oxygen atoms in total. The number of aromatic nitrogens is 1. The molecule has 0 saturated carbocycles. The Morgan fingerprint density at radius 3 is 2.29 bits per heavy atom. The van der Waals surface area contributed by atoms with Gasteiger partial charge in [-0.3, -0.25) is 9.59 Å². The van der Waals surface area contributed by atoms with Gasteiger partial charge in [-0.05, 0) is 37.1 Å².